The molecule has 0 aliphatic heterocycles. The third kappa shape index (κ3) is 3.65. The Morgan fingerprint density at radius 1 is 1.00 bits per heavy atom. The van der Waals surface area contributed by atoms with Crippen molar-refractivity contribution in [1.82, 2.24) is 0 Å². The number of rotatable bonds is 2. The molecule has 3 heteroatoms. The molecule has 0 saturated carbocycles. The summed E-state index contributed by atoms with van der Waals surface area (Å²) in [5.74, 6) is 0. The smallest absolute Gasteiger partial charge is 0.147 e. The van der Waals surface area contributed by atoms with Crippen molar-refractivity contribution in [2.75, 3.05) is 0 Å². The van der Waals surface area contributed by atoms with Crippen LogP contribution in [-0.4, -0.2) is 3.76 Å². The summed E-state index contributed by atoms with van der Waals surface area (Å²) in [5, 5.41) is 0. The second-order valence-electron chi connectivity index (χ2n) is 3.35. The van der Waals surface area contributed by atoms with Crippen molar-refractivity contribution in [2.24, 2.45) is 0 Å². The van der Waals surface area contributed by atoms with E-state index in [1.165, 1.54) is 12.8 Å². The Labute approximate surface area is 112 Å². The molecule has 0 amide bonds. The number of hydrogen-bond donors (Lipinski definition) is 0. The van der Waals surface area contributed by atoms with Crippen molar-refractivity contribution >= 4 is 28.6 Å². The van der Waals surface area contributed by atoms with Gasteiger partial charge in [-0.15, -0.1) is 24.8 Å². The minimum Gasteiger partial charge on any atom is -0.147 e. The van der Waals surface area contributed by atoms with Gasteiger partial charge in [0.25, 0.3) is 0 Å². The van der Waals surface area contributed by atoms with Gasteiger partial charge in [0.2, 0.25) is 0 Å². The van der Waals surface area contributed by atoms with Crippen LogP contribution in [0, 0.1) is 0 Å². The Balaban J connectivity index is 0.000000980. The van der Waals surface area contributed by atoms with Gasteiger partial charge in [0.05, 0.1) is 0 Å². The maximum absolute atomic E-state index is 2.52. The van der Waals surface area contributed by atoms with Gasteiger partial charge >= 0.3 is 87.6 Å². The molecule has 0 aromatic heterocycles. The molecule has 0 saturated heterocycles. The van der Waals surface area contributed by atoms with Crippen LogP contribution >= 0.6 is 24.8 Å². The summed E-state index contributed by atoms with van der Waals surface area (Å²) in [5.41, 5.74) is 0. The standard InChI is InChI=1S/2C5H5.C2H4.2ClH.Hf/c2*1-2-4-5-3-1;1-2;;;/h2*1-3H,4H2;1H,2H3;2*1H;. The third-order valence-electron chi connectivity index (χ3n) is 2.52. The normalized spacial score (nSPS) is 16.3. The van der Waals surface area contributed by atoms with Gasteiger partial charge in [0.1, 0.15) is 0 Å². The van der Waals surface area contributed by atoms with Gasteiger partial charge in [-0.3, -0.25) is 0 Å². The first-order chi connectivity index (χ1) is 6.42. The zero-order chi connectivity index (χ0) is 9.10. The van der Waals surface area contributed by atoms with E-state index < -0.39 is 21.0 Å². The fraction of sp³-hybridized carbons (Fsp3) is 0.250. The summed E-state index contributed by atoms with van der Waals surface area (Å²) >= 11 is -1.60. The number of halogens is 2. The minimum absolute atomic E-state index is 0. The molecule has 0 spiro atoms. The molecule has 0 aromatic carbocycles. The molecule has 82 valence electrons. The molecule has 2 rings (SSSR count). The van der Waals surface area contributed by atoms with Crippen molar-refractivity contribution in [1.29, 1.82) is 0 Å². The molecule has 0 nitrogen and oxygen atoms in total. The van der Waals surface area contributed by atoms with E-state index in [-0.39, 0.29) is 24.8 Å². The van der Waals surface area contributed by atoms with E-state index in [2.05, 4.69) is 47.1 Å². The zero-order valence-corrected chi connectivity index (χ0v) is 14.0. The number of hydrogen-bond acceptors (Lipinski definition) is 0. The van der Waals surface area contributed by atoms with Crippen LogP contribution in [0.25, 0.3) is 0 Å². The largest absolute Gasteiger partial charge is 0.147 e. The van der Waals surface area contributed by atoms with Crippen LogP contribution in [0.4, 0.5) is 0 Å². The van der Waals surface area contributed by atoms with E-state index in [9.17, 15) is 0 Å². The second-order valence-corrected chi connectivity index (χ2v) is 13.0. The van der Waals surface area contributed by atoms with E-state index in [0.29, 0.717) is 0 Å². The summed E-state index contributed by atoms with van der Waals surface area (Å²) in [7, 11) is 0. The zero-order valence-electron chi connectivity index (χ0n) is 8.77. The summed E-state index contributed by atoms with van der Waals surface area (Å²) < 4.78 is 6.02. The summed E-state index contributed by atoms with van der Waals surface area (Å²) in [6.07, 6.45) is 16.1. The fourth-order valence-electron chi connectivity index (χ4n) is 1.87. The van der Waals surface area contributed by atoms with Gasteiger partial charge in [-0.1, -0.05) is 0 Å². The topological polar surface area (TPSA) is 0 Å². The molecule has 2 aliphatic rings. The predicted octanol–water partition coefficient (Wildman–Crippen LogP) is 3.96. The molecule has 2 aliphatic carbocycles. The Morgan fingerprint density at radius 3 is 1.73 bits per heavy atom. The van der Waals surface area contributed by atoms with Gasteiger partial charge in [0, 0.05) is 0 Å². The van der Waals surface area contributed by atoms with Crippen LogP contribution in [0.3, 0.4) is 0 Å². The molecule has 0 N–H and O–H groups in total. The van der Waals surface area contributed by atoms with Crippen molar-refractivity contribution in [3.8, 4) is 0 Å². The summed E-state index contributed by atoms with van der Waals surface area (Å²) in [6.45, 7) is 2.25. The van der Waals surface area contributed by atoms with Gasteiger partial charge in [-0.25, -0.2) is 0 Å². The molecule has 0 atom stereocenters. The van der Waals surface area contributed by atoms with Crippen LogP contribution in [0.15, 0.2) is 43.1 Å². The van der Waals surface area contributed by atoms with Crippen LogP contribution in [-0.2, 0) is 21.0 Å². The van der Waals surface area contributed by atoms with E-state index in [1.807, 2.05) is 0 Å². The monoisotopic (exact) mass is 410 g/mol. The van der Waals surface area contributed by atoms with Gasteiger partial charge in [-0.2, -0.15) is 0 Å². The molecule has 15 heavy (non-hydrogen) atoms. The first-order valence-electron chi connectivity index (χ1n) is 4.80. The maximum atomic E-state index is 2.52. The molecule has 0 unspecified atom stereocenters. The molecule has 0 heterocycles. The first-order valence-corrected chi connectivity index (χ1v) is 10.5. The summed E-state index contributed by atoms with van der Waals surface area (Å²) in [4.78, 5) is 0. The Kier molecular flexibility index (Phi) is 7.68. The van der Waals surface area contributed by atoms with Crippen molar-refractivity contribution in [2.45, 2.75) is 19.8 Å². The van der Waals surface area contributed by atoms with E-state index in [1.54, 1.807) is 6.66 Å². The van der Waals surface area contributed by atoms with Gasteiger partial charge < -0.3 is 0 Å². The van der Waals surface area contributed by atoms with Gasteiger partial charge in [-0.05, 0) is 0 Å². The predicted molar refractivity (Wildman–Crippen MR) is 69.9 cm³/mol. The quantitative estimate of drug-likeness (QED) is 0.606. The van der Waals surface area contributed by atoms with Crippen molar-refractivity contribution in [3.63, 3.8) is 0 Å². The Bertz CT molecular complexity index is 328. The SMILES string of the molecule is C[CH]=[Hf]([C]1=CC=CC1)[C]1=CC=CC1.Cl.Cl. The van der Waals surface area contributed by atoms with Gasteiger partial charge in [0.15, 0.2) is 0 Å². The van der Waals surface area contributed by atoms with Crippen molar-refractivity contribution < 1.29 is 21.0 Å². The first kappa shape index (κ1) is 15.3. The Morgan fingerprint density at radius 2 is 1.47 bits per heavy atom. The average Bonchev–Trinajstić information content (AvgIpc) is 2.76. The van der Waals surface area contributed by atoms with Crippen LogP contribution in [0.1, 0.15) is 19.8 Å². The van der Waals surface area contributed by atoms with Crippen molar-refractivity contribution in [3.05, 3.63) is 43.1 Å². The average molecular weight is 410 g/mol. The van der Waals surface area contributed by atoms with E-state index >= 15 is 0 Å². The van der Waals surface area contributed by atoms with Crippen LogP contribution in [0.5, 0.6) is 0 Å². The fourth-order valence-corrected chi connectivity index (χ4v) is 10.4. The number of allylic oxidation sites excluding steroid dienone is 8. The minimum atomic E-state index is -1.60. The Hall–Kier alpha value is 0.280. The molecular formula is C12H16Cl2Hf. The molecule has 0 fully saturated rings. The van der Waals surface area contributed by atoms with E-state index in [0.717, 1.165) is 0 Å². The maximum Gasteiger partial charge on any atom is -0.147 e. The molecule has 0 bridgehead atoms. The van der Waals surface area contributed by atoms with E-state index in [4.69, 9.17) is 0 Å². The molecular weight excluding hydrogens is 394 g/mol. The molecule has 0 radical (unpaired) electrons. The molecule has 0 aromatic rings. The van der Waals surface area contributed by atoms with Crippen LogP contribution < -0.4 is 0 Å². The summed E-state index contributed by atoms with van der Waals surface area (Å²) in [6, 6.07) is 0. The van der Waals surface area contributed by atoms with Crippen LogP contribution in [0.2, 0.25) is 0 Å². The third-order valence-corrected chi connectivity index (χ3v) is 12.2. The second kappa shape index (κ2) is 7.54.